The zero-order valence-corrected chi connectivity index (χ0v) is 25.5. The topological polar surface area (TPSA) is 95.9 Å². The predicted octanol–water partition coefficient (Wildman–Crippen LogP) is 6.79. The minimum atomic E-state index is -0.954. The maximum absolute atomic E-state index is 14.2. The van der Waals surface area contributed by atoms with Crippen LogP contribution in [0.2, 0.25) is 0 Å². The summed E-state index contributed by atoms with van der Waals surface area (Å²) in [5, 5.41) is 13.6. The molecule has 0 saturated heterocycles. The van der Waals surface area contributed by atoms with E-state index in [1.165, 1.54) is 0 Å². The van der Waals surface area contributed by atoms with Crippen LogP contribution in [0.5, 0.6) is 5.75 Å². The van der Waals surface area contributed by atoms with Crippen molar-refractivity contribution in [2.75, 3.05) is 13.7 Å². The summed E-state index contributed by atoms with van der Waals surface area (Å²) in [7, 11) is 1.66. The third-order valence-corrected chi connectivity index (χ3v) is 8.78. The maximum atomic E-state index is 14.2. The molecule has 0 radical (unpaired) electrons. The molecule has 0 aromatic heterocycles. The number of amides is 2. The molecule has 0 spiro atoms. The number of nitrogens with one attached hydrogen (secondary N) is 1. The van der Waals surface area contributed by atoms with Crippen LogP contribution in [0.1, 0.15) is 87.2 Å². The minimum absolute atomic E-state index is 0.0790. The molecule has 1 fully saturated rings. The molecular formula is C35H44N2O5. The van der Waals surface area contributed by atoms with Crippen LogP contribution in [-0.4, -0.2) is 47.5 Å². The van der Waals surface area contributed by atoms with Crippen LogP contribution < -0.4 is 10.1 Å². The van der Waals surface area contributed by atoms with Gasteiger partial charge in [-0.2, -0.15) is 0 Å². The first kappa shape index (κ1) is 31.1. The van der Waals surface area contributed by atoms with Gasteiger partial charge in [-0.15, -0.1) is 0 Å². The first-order valence-electron chi connectivity index (χ1n) is 14.9. The second kappa shape index (κ2) is 13.4. The lowest BCUT2D eigenvalue weighted by molar-refractivity contribution is -0.137. The van der Waals surface area contributed by atoms with Gasteiger partial charge in [-0.3, -0.25) is 14.4 Å². The fraction of sp³-hybridized carbons (Fsp3) is 0.457. The molecule has 0 bridgehead atoms. The van der Waals surface area contributed by atoms with E-state index in [1.54, 1.807) is 19.2 Å². The van der Waals surface area contributed by atoms with Gasteiger partial charge in [-0.1, -0.05) is 57.2 Å². The average molecular weight is 573 g/mol. The molecule has 4 rings (SSSR count). The molecule has 42 heavy (non-hydrogen) atoms. The van der Waals surface area contributed by atoms with Crippen LogP contribution in [0.4, 0.5) is 0 Å². The van der Waals surface area contributed by atoms with Gasteiger partial charge in [0.15, 0.2) is 0 Å². The number of carbonyl (C=O) groups is 3. The first-order valence-corrected chi connectivity index (χ1v) is 14.9. The predicted molar refractivity (Wildman–Crippen MR) is 166 cm³/mol. The minimum Gasteiger partial charge on any atom is -0.497 e. The Bertz CT molecular complexity index is 1400. The third kappa shape index (κ3) is 7.69. The number of carboxylic acid groups (broad SMARTS) is 1. The molecule has 7 heteroatoms. The largest absolute Gasteiger partial charge is 0.497 e. The zero-order valence-electron chi connectivity index (χ0n) is 25.5. The van der Waals surface area contributed by atoms with Crippen molar-refractivity contribution in [2.45, 2.75) is 78.3 Å². The Kier molecular flexibility index (Phi) is 9.92. The van der Waals surface area contributed by atoms with Crippen LogP contribution in [0, 0.1) is 11.3 Å². The van der Waals surface area contributed by atoms with E-state index in [0.29, 0.717) is 18.0 Å². The number of carboxylic acids is 1. The summed E-state index contributed by atoms with van der Waals surface area (Å²) in [5.74, 6) is -0.0164. The van der Waals surface area contributed by atoms with Gasteiger partial charge in [0.1, 0.15) is 5.75 Å². The van der Waals surface area contributed by atoms with Crippen molar-refractivity contribution in [3.63, 3.8) is 0 Å². The van der Waals surface area contributed by atoms with Gasteiger partial charge in [-0.25, -0.2) is 0 Å². The highest BCUT2D eigenvalue weighted by Crippen LogP contribution is 2.40. The zero-order chi connectivity index (χ0) is 30.4. The summed E-state index contributed by atoms with van der Waals surface area (Å²) in [6.07, 6.45) is 4.02. The Morgan fingerprint density at radius 1 is 0.952 bits per heavy atom. The highest BCUT2D eigenvalue weighted by molar-refractivity contribution is 5.94. The molecule has 2 amide bonds. The van der Waals surface area contributed by atoms with Crippen molar-refractivity contribution in [3.8, 4) is 5.75 Å². The molecule has 0 heterocycles. The van der Waals surface area contributed by atoms with E-state index in [0.717, 1.165) is 53.3 Å². The van der Waals surface area contributed by atoms with Gasteiger partial charge in [0.05, 0.1) is 19.4 Å². The van der Waals surface area contributed by atoms with Gasteiger partial charge < -0.3 is 20.1 Å². The summed E-state index contributed by atoms with van der Waals surface area (Å²) in [6, 6.07) is 19.6. The molecule has 1 aliphatic rings. The Labute approximate surface area is 249 Å². The van der Waals surface area contributed by atoms with E-state index >= 15 is 0 Å². The van der Waals surface area contributed by atoms with E-state index in [9.17, 15) is 14.4 Å². The molecule has 0 unspecified atom stereocenters. The average Bonchev–Trinajstić information content (AvgIpc) is 2.98. The molecule has 3 aromatic carbocycles. The number of fused-ring (bicyclic) bond motifs is 1. The molecule has 1 atom stereocenters. The molecule has 1 saturated carbocycles. The Hall–Kier alpha value is -3.87. The highest BCUT2D eigenvalue weighted by Gasteiger charge is 2.35. The monoisotopic (exact) mass is 572 g/mol. The maximum Gasteiger partial charge on any atom is 0.305 e. The lowest BCUT2D eigenvalue weighted by atomic mass is 9.71. The SMILES string of the molecule is COc1ccc2cc([C@H](C)C(=O)N(Cc3ccc(C(=O)NCCC(=O)O)cc3)C3CCC(C(C)(C)C)CC3)ccc2c1. The molecule has 0 aliphatic heterocycles. The number of aliphatic carboxylic acids is 1. The molecule has 1 aliphatic carbocycles. The molecule has 2 N–H and O–H groups in total. The van der Waals surface area contributed by atoms with Crippen LogP contribution in [-0.2, 0) is 16.1 Å². The number of ether oxygens (including phenoxy) is 1. The lowest BCUT2D eigenvalue weighted by Crippen LogP contribution is -2.44. The van der Waals surface area contributed by atoms with E-state index in [1.807, 2.05) is 43.3 Å². The molecule has 224 valence electrons. The number of methoxy groups -OCH3 is 1. The third-order valence-electron chi connectivity index (χ3n) is 8.78. The van der Waals surface area contributed by atoms with E-state index in [-0.39, 0.29) is 42.2 Å². The quantitative estimate of drug-likeness (QED) is 0.279. The smallest absolute Gasteiger partial charge is 0.305 e. The number of benzene rings is 3. The normalized spacial score (nSPS) is 17.8. The van der Waals surface area contributed by atoms with Gasteiger partial charge in [0.2, 0.25) is 5.91 Å². The summed E-state index contributed by atoms with van der Waals surface area (Å²) in [5.41, 5.74) is 2.66. The second-order valence-corrected chi connectivity index (χ2v) is 12.6. The Morgan fingerprint density at radius 2 is 1.60 bits per heavy atom. The van der Waals surface area contributed by atoms with E-state index in [2.05, 4.69) is 43.1 Å². The lowest BCUT2D eigenvalue weighted by Gasteiger charge is -2.42. The number of hydrogen-bond acceptors (Lipinski definition) is 4. The summed E-state index contributed by atoms with van der Waals surface area (Å²) in [4.78, 5) is 39.4. The van der Waals surface area contributed by atoms with Gasteiger partial charge >= 0.3 is 5.97 Å². The molecule has 3 aromatic rings. The van der Waals surface area contributed by atoms with Crippen LogP contribution >= 0.6 is 0 Å². The first-order chi connectivity index (χ1) is 20.0. The van der Waals surface area contributed by atoms with Crippen molar-refractivity contribution in [3.05, 3.63) is 77.4 Å². The second-order valence-electron chi connectivity index (χ2n) is 12.6. The van der Waals surface area contributed by atoms with E-state index < -0.39 is 5.97 Å². The van der Waals surface area contributed by atoms with Crippen LogP contribution in [0.3, 0.4) is 0 Å². The fourth-order valence-corrected chi connectivity index (χ4v) is 6.01. The van der Waals surface area contributed by atoms with Crippen molar-refractivity contribution < 1.29 is 24.2 Å². The number of rotatable bonds is 10. The number of hydrogen-bond donors (Lipinski definition) is 2. The van der Waals surface area contributed by atoms with Crippen molar-refractivity contribution in [2.24, 2.45) is 11.3 Å². The number of carbonyl (C=O) groups excluding carboxylic acids is 2. The highest BCUT2D eigenvalue weighted by atomic mass is 16.5. The summed E-state index contributed by atoms with van der Waals surface area (Å²) < 4.78 is 5.36. The van der Waals surface area contributed by atoms with Gasteiger partial charge in [-0.05, 0) is 90.1 Å². The van der Waals surface area contributed by atoms with Crippen molar-refractivity contribution in [1.29, 1.82) is 0 Å². The van der Waals surface area contributed by atoms with Crippen molar-refractivity contribution >= 4 is 28.6 Å². The fourth-order valence-electron chi connectivity index (χ4n) is 6.01. The van der Waals surface area contributed by atoms with E-state index in [4.69, 9.17) is 9.84 Å². The van der Waals surface area contributed by atoms with Gasteiger partial charge in [0.25, 0.3) is 5.91 Å². The summed E-state index contributed by atoms with van der Waals surface area (Å²) in [6.45, 7) is 9.45. The Balaban J connectivity index is 1.54. The number of nitrogens with zero attached hydrogens (tertiary/aromatic N) is 1. The Morgan fingerprint density at radius 3 is 2.21 bits per heavy atom. The van der Waals surface area contributed by atoms with Crippen LogP contribution in [0.25, 0.3) is 10.8 Å². The van der Waals surface area contributed by atoms with Gasteiger partial charge in [0, 0.05) is 24.7 Å². The van der Waals surface area contributed by atoms with Crippen LogP contribution in [0.15, 0.2) is 60.7 Å². The van der Waals surface area contributed by atoms with Crippen molar-refractivity contribution in [1.82, 2.24) is 10.2 Å². The summed E-state index contributed by atoms with van der Waals surface area (Å²) >= 11 is 0. The molecular weight excluding hydrogens is 528 g/mol. The standard InChI is InChI=1S/C35H44N2O5/c1-23(26-10-11-28-21-31(42-5)17-12-27(28)20-26)34(41)37(30-15-13-29(14-16-30)35(2,3)4)22-24-6-8-25(9-7-24)33(40)36-19-18-32(38)39/h6-12,17,20-21,23,29-30H,13-16,18-19,22H2,1-5H3,(H,36,40)(H,38,39)/t23-,29?,30?/m0/s1. The molecule has 7 nitrogen and oxygen atoms in total.